The number of nitrogens with zero attached hydrogens (tertiary/aromatic N) is 1. The Hall–Kier alpha value is -1.38. The fourth-order valence-electron chi connectivity index (χ4n) is 2.03. The maximum Gasteiger partial charge on any atom is 0.0968 e. The molecular formula is C16H21NO. The van der Waals surface area contributed by atoms with Crippen LogP contribution >= 0.6 is 0 Å². The summed E-state index contributed by atoms with van der Waals surface area (Å²) < 4.78 is 0. The van der Waals surface area contributed by atoms with E-state index in [1.54, 1.807) is 0 Å². The lowest BCUT2D eigenvalue weighted by molar-refractivity contribution is 0.0165. The Morgan fingerprint density at radius 2 is 1.61 bits per heavy atom. The molecule has 0 radical (unpaired) electrons. The van der Waals surface area contributed by atoms with Gasteiger partial charge in [-0.3, -0.25) is 0 Å². The molecule has 2 heteroatoms. The normalized spacial score (nSPS) is 14.1. The topological polar surface area (TPSA) is 23.5 Å². The molecule has 18 heavy (non-hydrogen) atoms. The summed E-state index contributed by atoms with van der Waals surface area (Å²) >= 11 is 0. The van der Waals surface area contributed by atoms with E-state index in [0.717, 1.165) is 5.56 Å². The molecule has 0 saturated carbocycles. The Bertz CT molecular complexity index is 546. The molecule has 0 aliphatic carbocycles. The van der Waals surface area contributed by atoms with Gasteiger partial charge in [0.15, 0.2) is 0 Å². The summed E-state index contributed by atoms with van der Waals surface area (Å²) in [6.45, 7) is 4.10. The first-order chi connectivity index (χ1) is 8.43. The molecule has 0 amide bonds. The standard InChI is InChI=1S/C16H21NO/c1-16(2,17(3)4)15(18)14-10-9-12-7-5-6-8-13(12)11-14/h5-11,15,18H,1-4H3. The van der Waals surface area contributed by atoms with Gasteiger partial charge in [-0.15, -0.1) is 0 Å². The van der Waals surface area contributed by atoms with Crippen molar-refractivity contribution in [3.05, 3.63) is 48.0 Å². The first-order valence-corrected chi connectivity index (χ1v) is 6.27. The lowest BCUT2D eigenvalue weighted by Gasteiger charge is -2.37. The summed E-state index contributed by atoms with van der Waals surface area (Å²) in [5, 5.41) is 12.9. The van der Waals surface area contributed by atoms with Crippen LogP contribution in [-0.4, -0.2) is 29.6 Å². The fourth-order valence-corrected chi connectivity index (χ4v) is 2.03. The first-order valence-electron chi connectivity index (χ1n) is 6.27. The van der Waals surface area contributed by atoms with Gasteiger partial charge in [0.25, 0.3) is 0 Å². The molecule has 0 aliphatic heterocycles. The van der Waals surface area contributed by atoms with Crippen molar-refractivity contribution < 1.29 is 5.11 Å². The van der Waals surface area contributed by atoms with Gasteiger partial charge in [-0.05, 0) is 50.3 Å². The van der Waals surface area contributed by atoms with E-state index >= 15 is 0 Å². The van der Waals surface area contributed by atoms with Crippen molar-refractivity contribution in [3.8, 4) is 0 Å². The van der Waals surface area contributed by atoms with Crippen molar-refractivity contribution in [1.82, 2.24) is 4.90 Å². The molecule has 1 unspecified atom stereocenters. The predicted octanol–water partition coefficient (Wildman–Crippen LogP) is 3.21. The van der Waals surface area contributed by atoms with Crippen LogP contribution in [0.1, 0.15) is 25.5 Å². The average molecular weight is 243 g/mol. The molecule has 1 N–H and O–H groups in total. The van der Waals surface area contributed by atoms with E-state index in [2.05, 4.69) is 24.3 Å². The molecule has 2 aromatic rings. The highest BCUT2D eigenvalue weighted by Gasteiger charge is 2.31. The minimum atomic E-state index is -0.503. The van der Waals surface area contributed by atoms with Crippen LogP contribution < -0.4 is 0 Å². The molecule has 96 valence electrons. The van der Waals surface area contributed by atoms with Gasteiger partial charge in [0.2, 0.25) is 0 Å². The Kier molecular flexibility index (Phi) is 3.42. The quantitative estimate of drug-likeness (QED) is 0.894. The molecule has 0 saturated heterocycles. The molecular weight excluding hydrogens is 222 g/mol. The summed E-state index contributed by atoms with van der Waals surface area (Å²) in [6.07, 6.45) is -0.503. The van der Waals surface area contributed by atoms with E-state index in [0.29, 0.717) is 0 Å². The van der Waals surface area contributed by atoms with Crippen molar-refractivity contribution in [3.63, 3.8) is 0 Å². The molecule has 1 atom stereocenters. The van der Waals surface area contributed by atoms with Crippen LogP contribution in [0.25, 0.3) is 10.8 Å². The van der Waals surface area contributed by atoms with E-state index in [1.165, 1.54) is 10.8 Å². The Balaban J connectivity index is 2.42. The summed E-state index contributed by atoms with van der Waals surface area (Å²) in [6, 6.07) is 14.4. The zero-order chi connectivity index (χ0) is 13.3. The number of rotatable bonds is 3. The smallest absolute Gasteiger partial charge is 0.0968 e. The Morgan fingerprint density at radius 1 is 1.00 bits per heavy atom. The maximum atomic E-state index is 10.5. The highest BCUT2D eigenvalue weighted by Crippen LogP contribution is 2.30. The van der Waals surface area contributed by atoms with Crippen molar-refractivity contribution in [2.45, 2.75) is 25.5 Å². The van der Waals surface area contributed by atoms with Crippen LogP contribution in [0, 0.1) is 0 Å². The van der Waals surface area contributed by atoms with Crippen molar-refractivity contribution in [2.75, 3.05) is 14.1 Å². The van der Waals surface area contributed by atoms with Gasteiger partial charge in [0, 0.05) is 5.54 Å². The number of aliphatic hydroxyl groups excluding tert-OH is 1. The van der Waals surface area contributed by atoms with E-state index in [9.17, 15) is 5.11 Å². The lowest BCUT2D eigenvalue weighted by atomic mass is 9.89. The minimum absolute atomic E-state index is 0.289. The van der Waals surface area contributed by atoms with Gasteiger partial charge >= 0.3 is 0 Å². The number of likely N-dealkylation sites (N-methyl/N-ethyl adjacent to an activating group) is 1. The molecule has 2 rings (SSSR count). The Morgan fingerprint density at radius 3 is 2.22 bits per heavy atom. The van der Waals surface area contributed by atoms with Gasteiger partial charge in [-0.2, -0.15) is 0 Å². The van der Waals surface area contributed by atoms with Crippen LogP contribution in [0.15, 0.2) is 42.5 Å². The third-order valence-corrected chi connectivity index (χ3v) is 3.91. The van der Waals surface area contributed by atoms with Gasteiger partial charge in [-0.1, -0.05) is 36.4 Å². The first kappa shape index (κ1) is 13.1. The van der Waals surface area contributed by atoms with E-state index in [-0.39, 0.29) is 5.54 Å². The van der Waals surface area contributed by atoms with Crippen LogP contribution in [-0.2, 0) is 0 Å². The average Bonchev–Trinajstić information content (AvgIpc) is 2.37. The van der Waals surface area contributed by atoms with Crippen molar-refractivity contribution >= 4 is 10.8 Å². The molecule has 2 aromatic carbocycles. The van der Waals surface area contributed by atoms with Gasteiger partial charge in [0.1, 0.15) is 0 Å². The molecule has 0 aromatic heterocycles. The highest BCUT2D eigenvalue weighted by molar-refractivity contribution is 5.83. The Labute approximate surface area is 109 Å². The van der Waals surface area contributed by atoms with Crippen LogP contribution in [0.5, 0.6) is 0 Å². The van der Waals surface area contributed by atoms with Gasteiger partial charge in [0.05, 0.1) is 6.10 Å². The second kappa shape index (κ2) is 4.71. The molecule has 0 fully saturated rings. The second-order valence-corrected chi connectivity index (χ2v) is 5.56. The number of hydrogen-bond acceptors (Lipinski definition) is 2. The second-order valence-electron chi connectivity index (χ2n) is 5.56. The van der Waals surface area contributed by atoms with Crippen molar-refractivity contribution in [2.24, 2.45) is 0 Å². The van der Waals surface area contributed by atoms with Gasteiger partial charge < -0.3 is 10.0 Å². The molecule has 2 nitrogen and oxygen atoms in total. The number of aliphatic hydroxyl groups is 1. The monoisotopic (exact) mass is 243 g/mol. The van der Waals surface area contributed by atoms with Gasteiger partial charge in [-0.25, -0.2) is 0 Å². The molecule has 0 aliphatic rings. The lowest BCUT2D eigenvalue weighted by Crippen LogP contribution is -2.43. The van der Waals surface area contributed by atoms with Crippen LogP contribution in [0.4, 0.5) is 0 Å². The zero-order valence-electron chi connectivity index (χ0n) is 11.5. The number of hydrogen-bond donors (Lipinski definition) is 1. The highest BCUT2D eigenvalue weighted by atomic mass is 16.3. The predicted molar refractivity (Wildman–Crippen MR) is 76.7 cm³/mol. The summed E-state index contributed by atoms with van der Waals surface area (Å²) in [4.78, 5) is 2.05. The maximum absolute atomic E-state index is 10.5. The molecule has 0 heterocycles. The minimum Gasteiger partial charge on any atom is -0.386 e. The zero-order valence-corrected chi connectivity index (χ0v) is 11.5. The third-order valence-electron chi connectivity index (χ3n) is 3.91. The van der Waals surface area contributed by atoms with E-state index in [1.807, 2.05) is 51.0 Å². The number of fused-ring (bicyclic) bond motifs is 1. The largest absolute Gasteiger partial charge is 0.386 e. The number of benzene rings is 2. The van der Waals surface area contributed by atoms with E-state index < -0.39 is 6.10 Å². The van der Waals surface area contributed by atoms with Crippen LogP contribution in [0.3, 0.4) is 0 Å². The van der Waals surface area contributed by atoms with E-state index in [4.69, 9.17) is 0 Å². The molecule has 0 spiro atoms. The van der Waals surface area contributed by atoms with Crippen LogP contribution in [0.2, 0.25) is 0 Å². The fraction of sp³-hybridized carbons (Fsp3) is 0.375. The summed E-state index contributed by atoms with van der Waals surface area (Å²) in [5.41, 5.74) is 0.676. The van der Waals surface area contributed by atoms with Crippen molar-refractivity contribution in [1.29, 1.82) is 0 Å². The molecule has 0 bridgehead atoms. The third kappa shape index (κ3) is 2.26. The SMILES string of the molecule is CN(C)C(C)(C)C(O)c1ccc2ccccc2c1. The summed E-state index contributed by atoms with van der Waals surface area (Å²) in [7, 11) is 3.98. The summed E-state index contributed by atoms with van der Waals surface area (Å²) in [5.74, 6) is 0.